The van der Waals surface area contributed by atoms with Crippen LogP contribution in [0, 0.1) is 0 Å². The van der Waals surface area contributed by atoms with Crippen LogP contribution < -0.4 is 4.90 Å². The van der Waals surface area contributed by atoms with Gasteiger partial charge in [-0.15, -0.1) is 11.3 Å². The summed E-state index contributed by atoms with van der Waals surface area (Å²) >= 11 is 9.11. The van der Waals surface area contributed by atoms with Gasteiger partial charge in [-0.2, -0.15) is 0 Å². The Morgan fingerprint density at radius 3 is 1.97 bits per heavy atom. The molecule has 0 unspecified atom stereocenters. The maximum absolute atomic E-state index is 7.33. The van der Waals surface area contributed by atoms with Crippen LogP contribution >= 0.6 is 22.9 Å². The van der Waals surface area contributed by atoms with Gasteiger partial charge in [-0.25, -0.2) is 0 Å². The van der Waals surface area contributed by atoms with Crippen molar-refractivity contribution < 1.29 is 0 Å². The van der Waals surface area contributed by atoms with Crippen molar-refractivity contribution in [3.8, 4) is 11.1 Å². The second kappa shape index (κ2) is 9.08. The van der Waals surface area contributed by atoms with Crippen LogP contribution in [-0.4, -0.2) is 0 Å². The van der Waals surface area contributed by atoms with Crippen LogP contribution in [0.4, 0.5) is 17.1 Å². The van der Waals surface area contributed by atoms with E-state index in [2.05, 4.69) is 132 Å². The smallest absolute Gasteiger partial charge is 0.0825 e. The van der Waals surface area contributed by atoms with Crippen LogP contribution in [0.3, 0.4) is 0 Å². The van der Waals surface area contributed by atoms with Gasteiger partial charge in [0.05, 0.1) is 21.1 Å². The number of benzene rings is 6. The predicted molar refractivity (Wildman–Crippen MR) is 162 cm³/mol. The summed E-state index contributed by atoms with van der Waals surface area (Å²) in [5.74, 6) is 0. The molecule has 1 nitrogen and oxygen atoms in total. The highest BCUT2D eigenvalue weighted by Crippen LogP contribution is 2.49. The predicted octanol–water partition coefficient (Wildman–Crippen LogP) is 11.0. The first kappa shape index (κ1) is 22.1. The Labute approximate surface area is 224 Å². The number of thiophene rings is 1. The molecule has 1 aromatic heterocycles. The number of hydrogen-bond acceptors (Lipinski definition) is 2. The van der Waals surface area contributed by atoms with Crippen molar-refractivity contribution in [2.75, 3.05) is 4.90 Å². The lowest BCUT2D eigenvalue weighted by Gasteiger charge is -2.28. The highest BCUT2D eigenvalue weighted by molar-refractivity contribution is 7.27. The molecule has 37 heavy (non-hydrogen) atoms. The van der Waals surface area contributed by atoms with Crippen molar-refractivity contribution in [2.45, 2.75) is 0 Å². The molecule has 0 aliphatic carbocycles. The lowest BCUT2D eigenvalue weighted by Crippen LogP contribution is -2.11. The second-order valence-electron chi connectivity index (χ2n) is 9.09. The van der Waals surface area contributed by atoms with E-state index in [0.717, 1.165) is 32.3 Å². The molecule has 0 bridgehead atoms. The molecule has 0 atom stereocenters. The Balaban J connectivity index is 1.50. The van der Waals surface area contributed by atoms with Crippen molar-refractivity contribution in [1.29, 1.82) is 0 Å². The van der Waals surface area contributed by atoms with Crippen LogP contribution in [0.25, 0.3) is 42.1 Å². The van der Waals surface area contributed by atoms with Crippen molar-refractivity contribution in [3.05, 3.63) is 138 Å². The first-order valence-corrected chi connectivity index (χ1v) is 13.5. The number of hydrogen-bond donors (Lipinski definition) is 0. The molecule has 0 N–H and O–H groups in total. The Morgan fingerprint density at radius 2 is 1.14 bits per heavy atom. The molecule has 0 amide bonds. The molecule has 176 valence electrons. The molecule has 0 spiro atoms. The number of rotatable bonds is 4. The van der Waals surface area contributed by atoms with Gasteiger partial charge in [0.2, 0.25) is 0 Å². The van der Waals surface area contributed by atoms with E-state index in [1.54, 1.807) is 11.3 Å². The Hall–Kier alpha value is -4.11. The average Bonchev–Trinajstić information content (AvgIpc) is 3.36. The molecule has 0 fully saturated rings. The van der Waals surface area contributed by atoms with E-state index >= 15 is 0 Å². The number of halogens is 1. The summed E-state index contributed by atoms with van der Waals surface area (Å²) in [7, 11) is 0. The molecular formula is C34H22ClNS. The molecule has 3 heteroatoms. The fourth-order valence-corrected chi connectivity index (χ4v) is 6.85. The molecule has 0 saturated heterocycles. The zero-order valence-electron chi connectivity index (χ0n) is 19.9. The van der Waals surface area contributed by atoms with E-state index in [1.165, 1.54) is 31.8 Å². The highest BCUT2D eigenvalue weighted by atomic mass is 35.5. The van der Waals surface area contributed by atoms with Crippen molar-refractivity contribution in [3.63, 3.8) is 0 Å². The van der Waals surface area contributed by atoms with E-state index in [1.807, 2.05) is 6.07 Å². The van der Waals surface area contributed by atoms with Gasteiger partial charge in [-0.3, -0.25) is 0 Å². The van der Waals surface area contributed by atoms with E-state index < -0.39 is 0 Å². The molecular weight excluding hydrogens is 490 g/mol. The van der Waals surface area contributed by atoms with Gasteiger partial charge in [-0.05, 0) is 40.6 Å². The quantitative estimate of drug-likeness (QED) is 0.227. The zero-order chi connectivity index (χ0) is 24.8. The Kier molecular flexibility index (Phi) is 5.43. The monoisotopic (exact) mass is 511 g/mol. The van der Waals surface area contributed by atoms with Gasteiger partial charge in [-0.1, -0.05) is 121 Å². The third kappa shape index (κ3) is 3.69. The second-order valence-corrected chi connectivity index (χ2v) is 10.5. The fraction of sp³-hybridized carbons (Fsp3) is 0. The summed E-state index contributed by atoms with van der Waals surface area (Å²) in [6, 6.07) is 47.0. The molecule has 1 heterocycles. The summed E-state index contributed by atoms with van der Waals surface area (Å²) < 4.78 is 2.40. The van der Waals surface area contributed by atoms with Gasteiger partial charge in [0, 0.05) is 26.7 Å². The van der Waals surface area contributed by atoms with E-state index in [0.29, 0.717) is 0 Å². The summed E-state index contributed by atoms with van der Waals surface area (Å²) in [5, 5.41) is 5.75. The van der Waals surface area contributed by atoms with Gasteiger partial charge < -0.3 is 4.90 Å². The van der Waals surface area contributed by atoms with Gasteiger partial charge >= 0.3 is 0 Å². The van der Waals surface area contributed by atoms with Gasteiger partial charge in [0.1, 0.15) is 0 Å². The third-order valence-electron chi connectivity index (χ3n) is 6.94. The van der Waals surface area contributed by atoms with Crippen LogP contribution in [0.2, 0.25) is 5.02 Å². The summed E-state index contributed by atoms with van der Waals surface area (Å²) in [5.41, 5.74) is 5.46. The van der Waals surface area contributed by atoms with Crippen LogP contribution in [0.1, 0.15) is 0 Å². The largest absolute Gasteiger partial charge is 0.308 e. The van der Waals surface area contributed by atoms with E-state index in [4.69, 9.17) is 11.6 Å². The maximum Gasteiger partial charge on any atom is 0.0825 e. The molecule has 7 aromatic rings. The van der Waals surface area contributed by atoms with Crippen LogP contribution in [-0.2, 0) is 0 Å². The van der Waals surface area contributed by atoms with E-state index in [-0.39, 0.29) is 0 Å². The van der Waals surface area contributed by atoms with Gasteiger partial charge in [0.15, 0.2) is 0 Å². The maximum atomic E-state index is 7.33. The Morgan fingerprint density at radius 1 is 0.486 bits per heavy atom. The molecule has 0 radical (unpaired) electrons. The SMILES string of the molecule is Clc1c(N(c2ccccc2)c2ccccc2-c2ccccc2)ccc2c1sc1c3ccccc3ccc21. The first-order chi connectivity index (χ1) is 18.3. The summed E-state index contributed by atoms with van der Waals surface area (Å²) in [6.07, 6.45) is 0. The Bertz CT molecular complexity index is 1890. The standard InChI is InChI=1S/C34H22ClNS/c35-32-31(22-21-29-28-20-19-24-13-7-8-17-27(24)33(28)37-34(29)32)36(25-14-5-2-6-15-25)30-18-10-9-16-26(30)23-11-3-1-4-12-23/h1-22H. The van der Waals surface area contributed by atoms with Gasteiger partial charge in [0.25, 0.3) is 0 Å². The minimum absolute atomic E-state index is 0.773. The molecule has 0 saturated carbocycles. The number of fused-ring (bicyclic) bond motifs is 5. The minimum Gasteiger partial charge on any atom is -0.308 e. The highest BCUT2D eigenvalue weighted by Gasteiger charge is 2.22. The lowest BCUT2D eigenvalue weighted by atomic mass is 10.0. The number of anilines is 3. The normalized spacial score (nSPS) is 11.4. The van der Waals surface area contributed by atoms with Crippen LogP contribution in [0.5, 0.6) is 0 Å². The minimum atomic E-state index is 0.773. The average molecular weight is 512 g/mol. The van der Waals surface area contributed by atoms with Crippen molar-refractivity contribution in [2.24, 2.45) is 0 Å². The zero-order valence-corrected chi connectivity index (χ0v) is 21.5. The molecule has 0 aliphatic rings. The van der Waals surface area contributed by atoms with Crippen molar-refractivity contribution in [1.82, 2.24) is 0 Å². The number of para-hydroxylation sites is 2. The van der Waals surface area contributed by atoms with E-state index in [9.17, 15) is 0 Å². The molecule has 7 rings (SSSR count). The van der Waals surface area contributed by atoms with Crippen LogP contribution in [0.15, 0.2) is 133 Å². The molecule has 6 aromatic carbocycles. The number of nitrogens with zero attached hydrogens (tertiary/aromatic N) is 1. The summed E-state index contributed by atoms with van der Waals surface area (Å²) in [6.45, 7) is 0. The fourth-order valence-electron chi connectivity index (χ4n) is 5.21. The first-order valence-electron chi connectivity index (χ1n) is 12.3. The van der Waals surface area contributed by atoms with Crippen molar-refractivity contribution >= 4 is 70.9 Å². The topological polar surface area (TPSA) is 3.24 Å². The third-order valence-corrected chi connectivity index (χ3v) is 8.70. The lowest BCUT2D eigenvalue weighted by molar-refractivity contribution is 1.29. The molecule has 0 aliphatic heterocycles. The summed E-state index contributed by atoms with van der Waals surface area (Å²) in [4.78, 5) is 2.28.